The molecule has 1 aromatic carbocycles. The van der Waals surface area contributed by atoms with Gasteiger partial charge < -0.3 is 66.9 Å². The largest absolute Gasteiger partial charge is 0.460 e. The Morgan fingerprint density at radius 2 is 0.559 bits per heavy atom. The number of hydrogen-bond donors (Lipinski definition) is 1. The third kappa shape index (κ3) is 49.0. The first-order valence-electron chi connectivity index (χ1n) is 26.7. The SMILES string of the molecule is CCCCCCCCCCCCCCCCCCOCCOCCOCCOCCOCCOCCOCCOCCOCCOCCOCCOCCOC(=O)c1ccc(NCCCC)cc1. The lowest BCUT2D eigenvalue weighted by Gasteiger charge is -2.09. The summed E-state index contributed by atoms with van der Waals surface area (Å²) in [7, 11) is 0. The number of hydrogen-bond acceptors (Lipinski definition) is 15. The molecule has 0 atom stereocenters. The van der Waals surface area contributed by atoms with Crippen molar-refractivity contribution in [2.45, 2.75) is 129 Å². The number of carbonyl (C=O) groups is 1. The van der Waals surface area contributed by atoms with E-state index in [4.69, 9.17) is 61.6 Å². The number of ether oxygens (including phenoxy) is 13. The zero-order valence-electron chi connectivity index (χ0n) is 43.1. The van der Waals surface area contributed by atoms with Gasteiger partial charge in [0.15, 0.2) is 0 Å². The number of benzene rings is 1. The smallest absolute Gasteiger partial charge is 0.338 e. The van der Waals surface area contributed by atoms with Crippen LogP contribution in [0.15, 0.2) is 24.3 Å². The van der Waals surface area contributed by atoms with Gasteiger partial charge in [0.25, 0.3) is 0 Å². The zero-order chi connectivity index (χ0) is 48.6. The lowest BCUT2D eigenvalue weighted by atomic mass is 10.0. The van der Waals surface area contributed by atoms with E-state index in [1.165, 1.54) is 96.3 Å². The molecule has 0 fully saturated rings. The molecule has 0 heterocycles. The zero-order valence-corrected chi connectivity index (χ0v) is 43.1. The molecule has 0 aliphatic carbocycles. The monoisotopic (exact) mass is 974 g/mol. The number of unbranched alkanes of at least 4 members (excludes halogenated alkanes) is 16. The number of carbonyl (C=O) groups excluding carboxylic acids is 1. The Morgan fingerprint density at radius 3 is 0.853 bits per heavy atom. The van der Waals surface area contributed by atoms with Crippen LogP contribution < -0.4 is 5.32 Å². The van der Waals surface area contributed by atoms with Crippen molar-refractivity contribution in [3.8, 4) is 0 Å². The Bertz CT molecular complexity index is 1120. The molecule has 1 rings (SSSR count). The summed E-state index contributed by atoms with van der Waals surface area (Å²) in [6.45, 7) is 17.9. The van der Waals surface area contributed by atoms with Gasteiger partial charge in [-0.3, -0.25) is 0 Å². The van der Waals surface area contributed by atoms with Crippen LogP contribution in [0.1, 0.15) is 140 Å². The average molecular weight is 974 g/mol. The maximum atomic E-state index is 12.2. The first-order valence-corrected chi connectivity index (χ1v) is 26.7. The Kier molecular flexibility index (Phi) is 52.7. The van der Waals surface area contributed by atoms with E-state index in [0.717, 1.165) is 38.1 Å². The second kappa shape index (κ2) is 55.9. The predicted octanol–water partition coefficient (Wildman–Crippen LogP) is 9.52. The van der Waals surface area contributed by atoms with Crippen molar-refractivity contribution in [1.82, 2.24) is 0 Å². The van der Waals surface area contributed by atoms with Crippen molar-refractivity contribution in [2.24, 2.45) is 0 Å². The summed E-state index contributed by atoms with van der Waals surface area (Å²) in [5.41, 5.74) is 1.52. The van der Waals surface area contributed by atoms with Gasteiger partial charge in [-0.1, -0.05) is 117 Å². The van der Waals surface area contributed by atoms with Gasteiger partial charge in [-0.05, 0) is 37.1 Å². The van der Waals surface area contributed by atoms with E-state index in [-0.39, 0.29) is 12.6 Å². The molecule has 0 amide bonds. The molecular formula is C53H99NO14. The van der Waals surface area contributed by atoms with Gasteiger partial charge in [-0.25, -0.2) is 4.79 Å². The Balaban J connectivity index is 1.63. The molecule has 1 N–H and O–H groups in total. The maximum Gasteiger partial charge on any atom is 0.338 e. The minimum atomic E-state index is -0.360. The third-order valence-electron chi connectivity index (χ3n) is 10.7. The van der Waals surface area contributed by atoms with E-state index in [9.17, 15) is 4.79 Å². The van der Waals surface area contributed by atoms with Crippen LogP contribution >= 0.6 is 0 Å². The van der Waals surface area contributed by atoms with Crippen LogP contribution in [0.5, 0.6) is 0 Å². The third-order valence-corrected chi connectivity index (χ3v) is 10.7. The van der Waals surface area contributed by atoms with Crippen LogP contribution in [0, 0.1) is 0 Å². The lowest BCUT2D eigenvalue weighted by molar-refractivity contribution is -0.0288. The first kappa shape index (κ1) is 64.0. The fourth-order valence-corrected chi connectivity index (χ4v) is 6.68. The number of rotatable bonds is 58. The van der Waals surface area contributed by atoms with Crippen LogP contribution in [0.2, 0.25) is 0 Å². The van der Waals surface area contributed by atoms with E-state index in [1.54, 1.807) is 12.1 Å². The van der Waals surface area contributed by atoms with E-state index in [1.807, 2.05) is 12.1 Å². The molecule has 68 heavy (non-hydrogen) atoms. The highest BCUT2D eigenvalue weighted by atomic mass is 16.6. The summed E-state index contributed by atoms with van der Waals surface area (Å²) in [5, 5.41) is 3.32. The van der Waals surface area contributed by atoms with Gasteiger partial charge in [0, 0.05) is 18.8 Å². The minimum absolute atomic E-state index is 0.189. The second-order valence-corrected chi connectivity index (χ2v) is 16.6. The highest BCUT2D eigenvalue weighted by Gasteiger charge is 2.07. The van der Waals surface area contributed by atoms with Crippen LogP contribution in [-0.2, 0) is 61.6 Å². The summed E-state index contributed by atoms with van der Waals surface area (Å²) in [4.78, 5) is 12.2. The van der Waals surface area contributed by atoms with Gasteiger partial charge in [0.1, 0.15) is 6.61 Å². The molecule has 1 aromatic rings. The van der Waals surface area contributed by atoms with Crippen molar-refractivity contribution >= 4 is 11.7 Å². The topological polar surface area (TPSA) is 149 Å². The molecule has 0 aliphatic rings. The van der Waals surface area contributed by atoms with Crippen LogP contribution in [-0.4, -0.2) is 178 Å². The van der Waals surface area contributed by atoms with Crippen molar-refractivity contribution in [2.75, 3.05) is 177 Å². The molecule has 15 heteroatoms. The molecule has 0 spiro atoms. The van der Waals surface area contributed by atoms with Crippen molar-refractivity contribution in [3.63, 3.8) is 0 Å². The van der Waals surface area contributed by atoms with E-state index < -0.39 is 0 Å². The minimum Gasteiger partial charge on any atom is -0.460 e. The van der Waals surface area contributed by atoms with Gasteiger partial charge in [-0.15, -0.1) is 0 Å². The summed E-state index contributed by atoms with van der Waals surface area (Å²) < 4.78 is 71.8. The molecule has 0 radical (unpaired) electrons. The fourth-order valence-electron chi connectivity index (χ4n) is 6.68. The number of esters is 1. The van der Waals surface area contributed by atoms with Gasteiger partial charge in [0.2, 0.25) is 0 Å². The molecule has 0 aromatic heterocycles. The fraction of sp³-hybridized carbons (Fsp3) is 0.868. The van der Waals surface area contributed by atoms with E-state index in [0.29, 0.717) is 158 Å². The average Bonchev–Trinajstić information content (AvgIpc) is 3.35. The number of nitrogens with one attached hydrogen (secondary N) is 1. The van der Waals surface area contributed by atoms with E-state index in [2.05, 4.69) is 19.2 Å². The molecule has 0 unspecified atom stereocenters. The first-order chi connectivity index (χ1) is 33.8. The van der Waals surface area contributed by atoms with Gasteiger partial charge in [-0.2, -0.15) is 0 Å². The maximum absolute atomic E-state index is 12.2. The second-order valence-electron chi connectivity index (χ2n) is 16.6. The Morgan fingerprint density at radius 1 is 0.309 bits per heavy atom. The predicted molar refractivity (Wildman–Crippen MR) is 269 cm³/mol. The van der Waals surface area contributed by atoms with Gasteiger partial charge >= 0.3 is 5.97 Å². The highest BCUT2D eigenvalue weighted by Crippen LogP contribution is 2.14. The van der Waals surface area contributed by atoms with Crippen molar-refractivity contribution in [1.29, 1.82) is 0 Å². The molecule has 0 saturated heterocycles. The number of anilines is 1. The normalized spacial score (nSPS) is 11.5. The summed E-state index contributed by atoms with van der Waals surface area (Å²) in [5.74, 6) is -0.360. The Hall–Kier alpha value is -1.99. The van der Waals surface area contributed by atoms with E-state index >= 15 is 0 Å². The van der Waals surface area contributed by atoms with Gasteiger partial charge in [0.05, 0.1) is 158 Å². The molecule has 0 saturated carbocycles. The highest BCUT2D eigenvalue weighted by molar-refractivity contribution is 5.89. The lowest BCUT2D eigenvalue weighted by Crippen LogP contribution is -2.16. The standard InChI is InChI=1S/C53H99NO14/c1-3-5-7-8-9-10-11-12-13-14-15-16-17-18-19-20-26-56-27-28-57-29-30-58-31-32-59-33-34-60-35-36-61-37-38-62-39-40-63-41-42-64-43-44-65-45-46-66-47-48-67-49-50-68-53(55)51-21-23-52(24-22-51)54-25-6-4-2/h21-24,54H,3-20,25-50H2,1-2H3. The Labute approximate surface area is 413 Å². The van der Waals surface area contributed by atoms with Crippen molar-refractivity contribution < 1.29 is 66.4 Å². The summed E-state index contributed by atoms with van der Waals surface area (Å²) in [6.07, 6.45) is 24.4. The van der Waals surface area contributed by atoms with Crippen molar-refractivity contribution in [3.05, 3.63) is 29.8 Å². The van der Waals surface area contributed by atoms with Crippen LogP contribution in [0.4, 0.5) is 5.69 Å². The summed E-state index contributed by atoms with van der Waals surface area (Å²) >= 11 is 0. The molecule has 0 bridgehead atoms. The molecule has 15 nitrogen and oxygen atoms in total. The molecular weight excluding hydrogens is 875 g/mol. The summed E-state index contributed by atoms with van der Waals surface area (Å²) in [6, 6.07) is 7.30. The molecule has 0 aliphatic heterocycles. The molecule has 400 valence electrons. The quantitative estimate of drug-likeness (QED) is 0.0488. The van der Waals surface area contributed by atoms with Crippen LogP contribution in [0.25, 0.3) is 0 Å². The van der Waals surface area contributed by atoms with Crippen LogP contribution in [0.3, 0.4) is 0 Å².